The first-order valence-corrected chi connectivity index (χ1v) is 4.07. The maximum Gasteiger partial charge on any atom is 0.330 e. The minimum absolute atomic E-state index is 0.217. The van der Waals surface area contributed by atoms with Gasteiger partial charge in [-0.05, 0) is 6.92 Å². The Labute approximate surface area is 83.3 Å². The van der Waals surface area contributed by atoms with Gasteiger partial charge in [0.2, 0.25) is 0 Å². The van der Waals surface area contributed by atoms with Gasteiger partial charge in [0, 0.05) is 33.3 Å². The van der Waals surface area contributed by atoms with Crippen molar-refractivity contribution in [3.63, 3.8) is 0 Å². The molecule has 0 aromatic carbocycles. The molecule has 0 bridgehead atoms. The summed E-state index contributed by atoms with van der Waals surface area (Å²) >= 11 is 0. The summed E-state index contributed by atoms with van der Waals surface area (Å²) in [6.07, 6.45) is 1.70. The summed E-state index contributed by atoms with van der Waals surface area (Å²) in [6.45, 7) is 1.49. The van der Waals surface area contributed by atoms with Crippen molar-refractivity contribution in [2.24, 2.45) is 0 Å². The lowest BCUT2D eigenvalue weighted by Crippen LogP contribution is -2.35. The zero-order valence-electron chi connectivity index (χ0n) is 8.86. The normalized spacial score (nSPS) is 13.0. The highest BCUT2D eigenvalue weighted by atomic mass is 16.9. The molecule has 0 atom stereocenters. The number of carboxylic acids is 1. The Morgan fingerprint density at radius 3 is 2.00 bits per heavy atom. The zero-order chi connectivity index (χ0) is 11.2. The zero-order valence-corrected chi connectivity index (χ0v) is 8.86. The van der Waals surface area contributed by atoms with Gasteiger partial charge in [-0.1, -0.05) is 6.08 Å². The van der Waals surface area contributed by atoms with Gasteiger partial charge in [-0.3, -0.25) is 0 Å². The highest BCUT2D eigenvalue weighted by Crippen LogP contribution is 2.18. The molecular formula is C9H16O5. The Morgan fingerprint density at radius 1 is 1.29 bits per heavy atom. The van der Waals surface area contributed by atoms with E-state index in [2.05, 4.69) is 0 Å². The summed E-state index contributed by atoms with van der Waals surface area (Å²) < 4.78 is 15.0. The molecule has 0 unspecified atom stereocenters. The van der Waals surface area contributed by atoms with Gasteiger partial charge in [0.15, 0.2) is 0 Å². The van der Waals surface area contributed by atoms with Crippen molar-refractivity contribution in [2.75, 3.05) is 21.3 Å². The van der Waals surface area contributed by atoms with Gasteiger partial charge in [0.05, 0.1) is 0 Å². The van der Waals surface area contributed by atoms with Gasteiger partial charge in [0.25, 0.3) is 5.97 Å². The highest BCUT2D eigenvalue weighted by Gasteiger charge is 2.28. The van der Waals surface area contributed by atoms with Crippen LogP contribution in [0.3, 0.4) is 0 Å². The van der Waals surface area contributed by atoms with E-state index in [9.17, 15) is 4.79 Å². The predicted molar refractivity (Wildman–Crippen MR) is 49.8 cm³/mol. The van der Waals surface area contributed by atoms with Crippen LogP contribution in [0.2, 0.25) is 0 Å². The van der Waals surface area contributed by atoms with E-state index in [1.807, 2.05) is 0 Å². The van der Waals surface area contributed by atoms with Gasteiger partial charge >= 0.3 is 5.97 Å². The van der Waals surface area contributed by atoms with Crippen LogP contribution in [0.4, 0.5) is 0 Å². The number of hydrogen-bond acceptors (Lipinski definition) is 4. The molecule has 1 N–H and O–H groups in total. The SMILES string of the molecule is COC(CC=C(C)C(=O)O)(OC)OC. The molecule has 0 aromatic heterocycles. The van der Waals surface area contributed by atoms with Crippen molar-refractivity contribution in [1.29, 1.82) is 0 Å². The van der Waals surface area contributed by atoms with E-state index in [0.717, 1.165) is 0 Å². The average molecular weight is 204 g/mol. The van der Waals surface area contributed by atoms with Crippen LogP contribution in [-0.2, 0) is 19.0 Å². The minimum atomic E-state index is -1.20. The fourth-order valence-electron chi connectivity index (χ4n) is 0.865. The Morgan fingerprint density at radius 2 is 1.71 bits per heavy atom. The van der Waals surface area contributed by atoms with E-state index >= 15 is 0 Å². The first-order valence-electron chi connectivity index (χ1n) is 4.07. The summed E-state index contributed by atoms with van der Waals surface area (Å²) in [5, 5.41) is 8.61. The third-order valence-electron chi connectivity index (χ3n) is 1.93. The largest absolute Gasteiger partial charge is 0.478 e. The third-order valence-corrected chi connectivity index (χ3v) is 1.93. The summed E-state index contributed by atoms with van der Waals surface area (Å²) in [5.74, 6) is -2.17. The molecule has 0 aliphatic heterocycles. The van der Waals surface area contributed by atoms with E-state index in [4.69, 9.17) is 19.3 Å². The number of rotatable bonds is 6. The van der Waals surface area contributed by atoms with Crippen molar-refractivity contribution in [2.45, 2.75) is 19.3 Å². The Kier molecular flexibility index (Phi) is 5.37. The van der Waals surface area contributed by atoms with Crippen LogP contribution in [0.5, 0.6) is 0 Å². The second-order valence-corrected chi connectivity index (χ2v) is 2.69. The van der Waals surface area contributed by atoms with E-state index in [0.29, 0.717) is 0 Å². The second-order valence-electron chi connectivity index (χ2n) is 2.69. The number of hydrogen-bond donors (Lipinski definition) is 1. The fourth-order valence-corrected chi connectivity index (χ4v) is 0.865. The Hall–Kier alpha value is -0.910. The fraction of sp³-hybridized carbons (Fsp3) is 0.667. The molecule has 0 saturated heterocycles. The quantitative estimate of drug-likeness (QED) is 0.516. The molecule has 82 valence electrons. The maximum absolute atomic E-state index is 10.5. The first kappa shape index (κ1) is 13.1. The van der Waals surface area contributed by atoms with Crippen molar-refractivity contribution in [3.05, 3.63) is 11.6 Å². The van der Waals surface area contributed by atoms with Gasteiger partial charge in [-0.25, -0.2) is 4.79 Å². The van der Waals surface area contributed by atoms with Gasteiger partial charge in [0.1, 0.15) is 0 Å². The smallest absolute Gasteiger partial charge is 0.330 e. The molecule has 0 aromatic rings. The molecule has 0 aliphatic carbocycles. The van der Waals surface area contributed by atoms with E-state index in [1.54, 1.807) is 0 Å². The number of carboxylic acid groups (broad SMARTS) is 1. The lowest BCUT2D eigenvalue weighted by atomic mass is 10.2. The molecule has 0 spiro atoms. The molecule has 0 aliphatic rings. The monoisotopic (exact) mass is 204 g/mol. The average Bonchev–Trinajstić information content (AvgIpc) is 2.20. The van der Waals surface area contributed by atoms with Crippen LogP contribution in [0.1, 0.15) is 13.3 Å². The van der Waals surface area contributed by atoms with Crippen LogP contribution in [-0.4, -0.2) is 38.4 Å². The van der Waals surface area contributed by atoms with Crippen LogP contribution in [0.25, 0.3) is 0 Å². The van der Waals surface area contributed by atoms with Crippen molar-refractivity contribution in [1.82, 2.24) is 0 Å². The number of ether oxygens (including phenoxy) is 3. The molecule has 0 radical (unpaired) electrons. The summed E-state index contributed by atoms with van der Waals surface area (Å²) in [5.41, 5.74) is 0.223. The maximum atomic E-state index is 10.5. The third kappa shape index (κ3) is 3.45. The lowest BCUT2D eigenvalue weighted by molar-refractivity contribution is -0.349. The van der Waals surface area contributed by atoms with E-state index < -0.39 is 11.9 Å². The predicted octanol–water partition coefficient (Wildman–Crippen LogP) is 1.00. The standard InChI is InChI=1S/C9H16O5/c1-7(8(10)11)5-6-9(12-2,13-3)14-4/h5H,6H2,1-4H3,(H,10,11). The Balaban J connectivity index is 4.46. The molecule has 5 nitrogen and oxygen atoms in total. The highest BCUT2D eigenvalue weighted by molar-refractivity contribution is 5.85. The molecule has 0 fully saturated rings. The van der Waals surface area contributed by atoms with E-state index in [-0.39, 0.29) is 12.0 Å². The summed E-state index contributed by atoms with van der Waals surface area (Å²) in [4.78, 5) is 10.5. The molecule has 0 heterocycles. The molecular weight excluding hydrogens is 188 g/mol. The van der Waals surface area contributed by atoms with Crippen LogP contribution < -0.4 is 0 Å². The van der Waals surface area contributed by atoms with Gasteiger partial charge in [-0.15, -0.1) is 0 Å². The van der Waals surface area contributed by atoms with Gasteiger partial charge in [-0.2, -0.15) is 0 Å². The first-order chi connectivity index (χ1) is 6.51. The van der Waals surface area contributed by atoms with Gasteiger partial charge < -0.3 is 19.3 Å². The summed E-state index contributed by atoms with van der Waals surface area (Å²) in [6, 6.07) is 0. The summed E-state index contributed by atoms with van der Waals surface area (Å²) in [7, 11) is 4.28. The lowest BCUT2D eigenvalue weighted by Gasteiger charge is -2.27. The molecule has 0 saturated carbocycles. The van der Waals surface area contributed by atoms with E-state index in [1.165, 1.54) is 34.3 Å². The second kappa shape index (κ2) is 5.74. The number of methoxy groups -OCH3 is 3. The Bertz CT molecular complexity index is 209. The molecule has 5 heteroatoms. The molecule has 0 rings (SSSR count). The number of carbonyl (C=O) groups is 1. The number of aliphatic carboxylic acids is 1. The van der Waals surface area contributed by atoms with Crippen molar-refractivity contribution in [3.8, 4) is 0 Å². The van der Waals surface area contributed by atoms with Crippen LogP contribution in [0.15, 0.2) is 11.6 Å². The molecule has 0 amide bonds. The molecule has 14 heavy (non-hydrogen) atoms. The van der Waals surface area contributed by atoms with Crippen LogP contribution in [0, 0.1) is 0 Å². The van der Waals surface area contributed by atoms with Crippen molar-refractivity contribution < 1.29 is 24.1 Å². The topological polar surface area (TPSA) is 65.0 Å². The van der Waals surface area contributed by atoms with Crippen LogP contribution >= 0.6 is 0 Å². The van der Waals surface area contributed by atoms with Crippen molar-refractivity contribution >= 4 is 5.97 Å². The minimum Gasteiger partial charge on any atom is -0.478 e.